The van der Waals surface area contributed by atoms with Gasteiger partial charge in [-0.15, -0.1) is 0 Å². The van der Waals surface area contributed by atoms with Gasteiger partial charge in [0.05, 0.1) is 16.6 Å². The van der Waals surface area contributed by atoms with Gasteiger partial charge in [0.1, 0.15) is 0 Å². The first kappa shape index (κ1) is 14.7. The fraction of sp³-hybridized carbons (Fsp3) is 0.0714. The van der Waals surface area contributed by atoms with E-state index in [1.165, 1.54) is 6.07 Å². The van der Waals surface area contributed by atoms with E-state index < -0.39 is 6.03 Å². The van der Waals surface area contributed by atoms with Gasteiger partial charge in [0.2, 0.25) is 0 Å². The van der Waals surface area contributed by atoms with Gasteiger partial charge in [0, 0.05) is 5.69 Å². The zero-order valence-electron chi connectivity index (χ0n) is 10.4. The van der Waals surface area contributed by atoms with Gasteiger partial charge in [-0.25, -0.2) is 9.86 Å². The average Bonchev–Trinajstić information content (AvgIpc) is 2.44. The Morgan fingerprint density at radius 3 is 2.45 bits per heavy atom. The van der Waals surface area contributed by atoms with Crippen LogP contribution in [-0.2, 0) is 6.54 Å². The minimum atomic E-state index is -0.646. The SMILES string of the molecule is O=C(Nc1ccc(Cl)c(Cl)c1)N(O)Cc1ccccc1. The first-order valence-electron chi connectivity index (χ1n) is 5.82. The number of anilines is 1. The van der Waals surface area contributed by atoms with Crippen LogP contribution in [0.15, 0.2) is 48.5 Å². The molecule has 2 amide bonds. The molecular weight excluding hydrogens is 299 g/mol. The van der Waals surface area contributed by atoms with Crippen molar-refractivity contribution >= 4 is 34.9 Å². The summed E-state index contributed by atoms with van der Waals surface area (Å²) in [5.74, 6) is 0. The first-order valence-corrected chi connectivity index (χ1v) is 6.58. The number of benzene rings is 2. The van der Waals surface area contributed by atoms with Gasteiger partial charge >= 0.3 is 6.03 Å². The maximum absolute atomic E-state index is 11.8. The van der Waals surface area contributed by atoms with Crippen molar-refractivity contribution in [2.24, 2.45) is 0 Å². The van der Waals surface area contributed by atoms with Gasteiger partial charge in [-0.2, -0.15) is 0 Å². The molecule has 0 fully saturated rings. The number of carbonyl (C=O) groups is 1. The number of carbonyl (C=O) groups excluding carboxylic acids is 1. The molecule has 0 bridgehead atoms. The molecule has 2 aromatic rings. The van der Waals surface area contributed by atoms with Crippen molar-refractivity contribution in [3.63, 3.8) is 0 Å². The molecule has 0 spiro atoms. The van der Waals surface area contributed by atoms with Crippen LogP contribution < -0.4 is 5.32 Å². The molecule has 2 aromatic carbocycles. The predicted octanol–water partition coefficient (Wildman–Crippen LogP) is 4.42. The van der Waals surface area contributed by atoms with Crippen molar-refractivity contribution in [1.82, 2.24) is 5.06 Å². The topological polar surface area (TPSA) is 52.6 Å². The Morgan fingerprint density at radius 1 is 1.10 bits per heavy atom. The second kappa shape index (κ2) is 6.61. The molecule has 0 atom stereocenters. The van der Waals surface area contributed by atoms with Gasteiger partial charge in [-0.1, -0.05) is 53.5 Å². The predicted molar refractivity (Wildman–Crippen MR) is 79.3 cm³/mol. The summed E-state index contributed by atoms with van der Waals surface area (Å²) in [5.41, 5.74) is 1.27. The molecule has 0 radical (unpaired) electrons. The quantitative estimate of drug-likeness (QED) is 0.651. The maximum atomic E-state index is 11.8. The lowest BCUT2D eigenvalue weighted by molar-refractivity contribution is -0.0449. The van der Waals surface area contributed by atoms with Crippen LogP contribution in [0.4, 0.5) is 10.5 Å². The summed E-state index contributed by atoms with van der Waals surface area (Å²) < 4.78 is 0. The van der Waals surface area contributed by atoms with Crippen LogP contribution in [0, 0.1) is 0 Å². The number of urea groups is 1. The molecule has 0 aromatic heterocycles. The van der Waals surface area contributed by atoms with E-state index in [1.54, 1.807) is 12.1 Å². The Morgan fingerprint density at radius 2 is 1.80 bits per heavy atom. The van der Waals surface area contributed by atoms with Crippen molar-refractivity contribution in [2.45, 2.75) is 6.54 Å². The smallest absolute Gasteiger partial charge is 0.306 e. The molecule has 6 heteroatoms. The zero-order valence-corrected chi connectivity index (χ0v) is 11.9. The number of halogens is 2. The first-order chi connectivity index (χ1) is 9.56. The largest absolute Gasteiger partial charge is 0.345 e. The van der Waals surface area contributed by atoms with Gasteiger partial charge in [0.15, 0.2) is 0 Å². The summed E-state index contributed by atoms with van der Waals surface area (Å²) in [6.07, 6.45) is 0. The summed E-state index contributed by atoms with van der Waals surface area (Å²) in [6.45, 7) is 0.0913. The minimum absolute atomic E-state index is 0.0913. The van der Waals surface area contributed by atoms with Gasteiger partial charge in [-0.3, -0.25) is 5.21 Å². The molecule has 2 rings (SSSR count). The summed E-state index contributed by atoms with van der Waals surface area (Å²) in [5, 5.41) is 13.6. The highest BCUT2D eigenvalue weighted by Gasteiger charge is 2.12. The number of hydrogen-bond donors (Lipinski definition) is 2. The Balaban J connectivity index is 1.99. The molecule has 2 N–H and O–H groups in total. The highest BCUT2D eigenvalue weighted by Crippen LogP contribution is 2.25. The van der Waals surface area contributed by atoms with Crippen LogP contribution in [0.2, 0.25) is 10.0 Å². The molecule has 104 valence electrons. The number of nitrogens with one attached hydrogen (secondary N) is 1. The Bertz CT molecular complexity index is 605. The number of hydroxylamine groups is 2. The average molecular weight is 311 g/mol. The lowest BCUT2D eigenvalue weighted by Crippen LogP contribution is -2.31. The van der Waals surface area contributed by atoms with E-state index in [4.69, 9.17) is 23.2 Å². The second-order valence-electron chi connectivity index (χ2n) is 4.10. The molecule has 20 heavy (non-hydrogen) atoms. The molecule has 0 aliphatic rings. The van der Waals surface area contributed by atoms with E-state index >= 15 is 0 Å². The Kier molecular flexibility index (Phi) is 4.84. The van der Waals surface area contributed by atoms with Crippen LogP contribution in [0.25, 0.3) is 0 Å². The molecule has 0 saturated heterocycles. The molecule has 0 aliphatic heterocycles. The zero-order chi connectivity index (χ0) is 14.5. The van der Waals surface area contributed by atoms with Crippen molar-refractivity contribution < 1.29 is 10.0 Å². The van der Waals surface area contributed by atoms with E-state index in [9.17, 15) is 10.0 Å². The van der Waals surface area contributed by atoms with Gasteiger partial charge < -0.3 is 5.32 Å². The van der Waals surface area contributed by atoms with Crippen LogP contribution >= 0.6 is 23.2 Å². The molecule has 0 aliphatic carbocycles. The lowest BCUT2D eigenvalue weighted by Gasteiger charge is -2.16. The third-order valence-electron chi connectivity index (χ3n) is 2.58. The van der Waals surface area contributed by atoms with E-state index in [2.05, 4.69) is 5.32 Å². The second-order valence-corrected chi connectivity index (χ2v) is 4.92. The number of amides is 2. The fourth-order valence-corrected chi connectivity index (χ4v) is 1.89. The minimum Gasteiger partial charge on any atom is -0.306 e. The maximum Gasteiger partial charge on any atom is 0.345 e. The third kappa shape index (κ3) is 3.87. The number of hydrogen-bond acceptors (Lipinski definition) is 2. The van der Waals surface area contributed by atoms with Crippen molar-refractivity contribution in [1.29, 1.82) is 0 Å². The normalized spacial score (nSPS) is 10.2. The van der Waals surface area contributed by atoms with Crippen molar-refractivity contribution in [3.05, 3.63) is 64.1 Å². The van der Waals surface area contributed by atoms with Crippen LogP contribution in [0.1, 0.15) is 5.56 Å². The van der Waals surface area contributed by atoms with E-state index in [0.29, 0.717) is 20.8 Å². The molecule has 4 nitrogen and oxygen atoms in total. The highest BCUT2D eigenvalue weighted by atomic mass is 35.5. The summed E-state index contributed by atoms with van der Waals surface area (Å²) in [6, 6.07) is 13.2. The Labute approximate surface area is 126 Å². The standard InChI is InChI=1S/C14H12Cl2N2O2/c15-12-7-6-11(8-13(12)16)17-14(19)18(20)9-10-4-2-1-3-5-10/h1-8,20H,9H2,(H,17,19). The molecule has 0 saturated carbocycles. The summed E-state index contributed by atoms with van der Waals surface area (Å²) in [4.78, 5) is 11.8. The molecule has 0 unspecified atom stereocenters. The molecule has 0 heterocycles. The Hall–Kier alpha value is -1.75. The van der Waals surface area contributed by atoms with Crippen molar-refractivity contribution in [2.75, 3.05) is 5.32 Å². The van der Waals surface area contributed by atoms with Crippen molar-refractivity contribution in [3.8, 4) is 0 Å². The van der Waals surface area contributed by atoms with E-state index in [0.717, 1.165) is 5.56 Å². The third-order valence-corrected chi connectivity index (χ3v) is 3.32. The fourth-order valence-electron chi connectivity index (χ4n) is 1.59. The van der Waals surface area contributed by atoms with Gasteiger partial charge in [-0.05, 0) is 23.8 Å². The summed E-state index contributed by atoms with van der Waals surface area (Å²) in [7, 11) is 0. The lowest BCUT2D eigenvalue weighted by atomic mass is 10.2. The highest BCUT2D eigenvalue weighted by molar-refractivity contribution is 6.42. The monoisotopic (exact) mass is 310 g/mol. The number of rotatable bonds is 3. The van der Waals surface area contributed by atoms with E-state index in [1.807, 2.05) is 30.3 Å². The van der Waals surface area contributed by atoms with Crippen LogP contribution in [0.3, 0.4) is 0 Å². The summed E-state index contributed by atoms with van der Waals surface area (Å²) >= 11 is 11.6. The van der Waals surface area contributed by atoms with Crippen LogP contribution in [-0.4, -0.2) is 16.3 Å². The molecular formula is C14H12Cl2N2O2. The van der Waals surface area contributed by atoms with E-state index in [-0.39, 0.29) is 6.54 Å². The number of nitrogens with zero attached hydrogens (tertiary/aromatic N) is 1. The van der Waals surface area contributed by atoms with Gasteiger partial charge in [0.25, 0.3) is 0 Å². The van der Waals surface area contributed by atoms with Crippen LogP contribution in [0.5, 0.6) is 0 Å².